The van der Waals surface area contributed by atoms with Gasteiger partial charge in [-0.15, -0.1) is 0 Å². The Morgan fingerprint density at radius 2 is 1.87 bits per heavy atom. The number of halogens is 4. The van der Waals surface area contributed by atoms with Crippen LogP contribution in [0.1, 0.15) is 46.6 Å². The van der Waals surface area contributed by atoms with E-state index >= 15 is 0 Å². The monoisotopic (exact) mass is 549 g/mol. The first-order chi connectivity index (χ1) is 17.9. The van der Waals surface area contributed by atoms with Crippen molar-refractivity contribution in [1.29, 1.82) is 0 Å². The number of aryl methyl sites for hydroxylation is 1. The molecule has 0 radical (unpaired) electrons. The van der Waals surface area contributed by atoms with Gasteiger partial charge in [-0.25, -0.2) is 17.8 Å². The van der Waals surface area contributed by atoms with Crippen molar-refractivity contribution in [2.24, 2.45) is 5.92 Å². The minimum absolute atomic E-state index is 0.0151. The van der Waals surface area contributed by atoms with Crippen LogP contribution in [-0.4, -0.2) is 32.0 Å². The number of pyridine rings is 1. The molecule has 0 spiro atoms. The Labute approximate surface area is 218 Å². The number of aromatic nitrogens is 1. The molecule has 0 N–H and O–H groups in total. The quantitative estimate of drug-likeness (QED) is 0.233. The maximum atomic E-state index is 14.8. The first-order valence-corrected chi connectivity index (χ1v) is 14.4. The van der Waals surface area contributed by atoms with Crippen molar-refractivity contribution in [2.75, 3.05) is 18.6 Å². The Hall–Kier alpha value is -3.14. The molecule has 10 heteroatoms. The number of rotatable bonds is 9. The zero-order valence-corrected chi connectivity index (χ0v) is 21.8. The van der Waals surface area contributed by atoms with E-state index in [1.54, 1.807) is 19.2 Å². The summed E-state index contributed by atoms with van der Waals surface area (Å²) >= 11 is 0. The molecule has 1 saturated carbocycles. The summed E-state index contributed by atoms with van der Waals surface area (Å²) in [7, 11) is -3.11. The molecule has 3 aromatic rings. The van der Waals surface area contributed by atoms with Gasteiger partial charge in [0, 0.05) is 24.1 Å². The highest BCUT2D eigenvalue weighted by atomic mass is 32.2. The number of hydrogen-bond acceptors (Lipinski definition) is 5. The Balaban J connectivity index is 1.37. The zero-order valence-electron chi connectivity index (χ0n) is 20.9. The summed E-state index contributed by atoms with van der Waals surface area (Å²) in [5.41, 5.74) is 1.89. The molecule has 2 aromatic carbocycles. The molecule has 1 heterocycles. The fourth-order valence-corrected chi connectivity index (χ4v) is 5.73. The highest BCUT2D eigenvalue weighted by Crippen LogP contribution is 2.56. The molecule has 2 aliphatic carbocycles. The molecule has 0 amide bonds. The van der Waals surface area contributed by atoms with Crippen LogP contribution in [-0.2, 0) is 29.0 Å². The topological polar surface area (TPSA) is 65.5 Å². The Morgan fingerprint density at radius 3 is 2.58 bits per heavy atom. The summed E-state index contributed by atoms with van der Waals surface area (Å²) in [5.74, 6) is 0.936. The van der Waals surface area contributed by atoms with Gasteiger partial charge >= 0.3 is 6.18 Å². The molecule has 2 unspecified atom stereocenters. The van der Waals surface area contributed by atoms with Gasteiger partial charge in [0.05, 0.1) is 17.9 Å². The van der Waals surface area contributed by atoms with E-state index in [2.05, 4.69) is 4.98 Å². The third-order valence-electron chi connectivity index (χ3n) is 7.09. The van der Waals surface area contributed by atoms with E-state index in [1.165, 1.54) is 35.7 Å². The van der Waals surface area contributed by atoms with E-state index in [4.69, 9.17) is 9.47 Å². The second kappa shape index (κ2) is 9.87. The third kappa shape index (κ3) is 5.80. The molecule has 2 atom stereocenters. The summed E-state index contributed by atoms with van der Waals surface area (Å²) in [6, 6.07) is 8.10. The normalized spacial score (nSPS) is 18.2. The van der Waals surface area contributed by atoms with Gasteiger partial charge in [-0.2, -0.15) is 13.2 Å². The lowest BCUT2D eigenvalue weighted by atomic mass is 9.93. The number of alkyl halides is 3. The second-order valence-corrected chi connectivity index (χ2v) is 12.4. The molecule has 2 aliphatic rings. The van der Waals surface area contributed by atoms with Crippen molar-refractivity contribution in [3.63, 3.8) is 0 Å². The van der Waals surface area contributed by atoms with Crippen molar-refractivity contribution in [3.8, 4) is 22.8 Å². The average Bonchev–Trinajstić information content (AvgIpc) is 3.50. The van der Waals surface area contributed by atoms with Gasteiger partial charge in [0.25, 0.3) is 0 Å². The first-order valence-electron chi connectivity index (χ1n) is 12.3. The summed E-state index contributed by atoms with van der Waals surface area (Å²) < 4.78 is 90.3. The smallest absolute Gasteiger partial charge is 0.417 e. The molecule has 0 aliphatic heterocycles. The standard InChI is InChI=1S/C28H27F4NO4S/c1-16-8-20(36-6-3-7-38(2,34)35)4-5-21(16)23-11-19(26(29)13-25(23)28(30,31)32)15-37-27-12-18-9-17-10-22(17)24(18)14-33-27/h4-5,8,11-14,17,22H,3,6-7,9-10,15H2,1-2H3. The van der Waals surface area contributed by atoms with Crippen LogP contribution in [0.2, 0.25) is 0 Å². The van der Waals surface area contributed by atoms with Crippen LogP contribution < -0.4 is 9.47 Å². The Bertz CT molecular complexity index is 1490. The molecule has 5 rings (SSSR count). The van der Waals surface area contributed by atoms with Crippen LogP contribution in [0.5, 0.6) is 11.6 Å². The van der Waals surface area contributed by atoms with Crippen molar-refractivity contribution in [1.82, 2.24) is 4.98 Å². The van der Waals surface area contributed by atoms with E-state index in [0.29, 0.717) is 41.5 Å². The van der Waals surface area contributed by atoms with Crippen LogP contribution in [0.3, 0.4) is 0 Å². The fourth-order valence-electron chi connectivity index (χ4n) is 5.09. The van der Waals surface area contributed by atoms with Crippen LogP contribution in [0, 0.1) is 18.7 Å². The van der Waals surface area contributed by atoms with Crippen molar-refractivity contribution in [2.45, 2.75) is 44.9 Å². The molecule has 202 valence electrons. The number of sulfone groups is 1. The molecule has 38 heavy (non-hydrogen) atoms. The summed E-state index contributed by atoms with van der Waals surface area (Å²) in [5, 5.41) is 0. The minimum atomic E-state index is -4.77. The molecule has 0 bridgehead atoms. The number of fused-ring (bicyclic) bond motifs is 3. The molecule has 0 saturated heterocycles. The van der Waals surface area contributed by atoms with Gasteiger partial charge in [0.2, 0.25) is 5.88 Å². The number of benzene rings is 2. The van der Waals surface area contributed by atoms with Crippen molar-refractivity contribution in [3.05, 3.63) is 76.2 Å². The predicted molar refractivity (Wildman–Crippen MR) is 135 cm³/mol. The predicted octanol–water partition coefficient (Wildman–Crippen LogP) is 6.27. The van der Waals surface area contributed by atoms with Gasteiger partial charge in [-0.3, -0.25) is 0 Å². The molecule has 5 nitrogen and oxygen atoms in total. The van der Waals surface area contributed by atoms with Gasteiger partial charge in [0.15, 0.2) is 0 Å². The van der Waals surface area contributed by atoms with Gasteiger partial charge in [-0.05, 0) is 90.1 Å². The highest BCUT2D eigenvalue weighted by Gasteiger charge is 2.45. The van der Waals surface area contributed by atoms with Crippen LogP contribution in [0.25, 0.3) is 11.1 Å². The van der Waals surface area contributed by atoms with E-state index in [1.807, 2.05) is 6.07 Å². The highest BCUT2D eigenvalue weighted by molar-refractivity contribution is 7.90. The lowest BCUT2D eigenvalue weighted by Crippen LogP contribution is -2.11. The van der Waals surface area contributed by atoms with Gasteiger partial charge in [-0.1, -0.05) is 6.07 Å². The number of hydrogen-bond donors (Lipinski definition) is 0. The molecular formula is C28H27F4NO4S. The number of nitrogens with zero attached hydrogens (tertiary/aromatic N) is 1. The van der Waals surface area contributed by atoms with Crippen molar-refractivity contribution < 1.29 is 35.5 Å². The Kier molecular flexibility index (Phi) is 6.87. The first kappa shape index (κ1) is 26.5. The van der Waals surface area contributed by atoms with Gasteiger partial charge < -0.3 is 9.47 Å². The lowest BCUT2D eigenvalue weighted by molar-refractivity contribution is -0.137. The summed E-state index contributed by atoms with van der Waals surface area (Å²) in [6.07, 6.45) is 0.588. The third-order valence-corrected chi connectivity index (χ3v) is 8.12. The van der Waals surface area contributed by atoms with E-state index < -0.39 is 27.4 Å². The molecule has 1 aromatic heterocycles. The van der Waals surface area contributed by atoms with Crippen molar-refractivity contribution >= 4 is 9.84 Å². The summed E-state index contributed by atoms with van der Waals surface area (Å²) in [6.45, 7) is 1.52. The lowest BCUT2D eigenvalue weighted by Gasteiger charge is -2.18. The maximum absolute atomic E-state index is 14.8. The molecular weight excluding hydrogens is 522 g/mol. The van der Waals surface area contributed by atoms with E-state index in [0.717, 1.165) is 12.7 Å². The number of ether oxygens (including phenoxy) is 2. The largest absolute Gasteiger partial charge is 0.494 e. The van der Waals surface area contributed by atoms with Crippen LogP contribution in [0.4, 0.5) is 17.6 Å². The summed E-state index contributed by atoms with van der Waals surface area (Å²) in [4.78, 5) is 4.31. The maximum Gasteiger partial charge on any atom is 0.417 e. The van der Waals surface area contributed by atoms with E-state index in [9.17, 15) is 26.0 Å². The second-order valence-electron chi connectivity index (χ2n) is 10.1. The fraction of sp³-hybridized carbons (Fsp3) is 0.393. The zero-order chi connectivity index (χ0) is 27.2. The molecule has 1 fully saturated rings. The van der Waals surface area contributed by atoms with Gasteiger partial charge in [0.1, 0.15) is 28.0 Å². The SMILES string of the molecule is Cc1cc(OCCCS(C)(=O)=O)ccc1-c1cc(COc2cc3c(cn2)C2CC2C3)c(F)cc1C(F)(F)F. The minimum Gasteiger partial charge on any atom is -0.494 e. The average molecular weight is 550 g/mol. The Morgan fingerprint density at radius 1 is 1.08 bits per heavy atom. The van der Waals surface area contributed by atoms with E-state index in [-0.39, 0.29) is 35.7 Å². The van der Waals surface area contributed by atoms with Crippen LogP contribution in [0.15, 0.2) is 42.6 Å². The van der Waals surface area contributed by atoms with Crippen LogP contribution >= 0.6 is 0 Å².